The Hall–Kier alpha value is -0.740. The van der Waals surface area contributed by atoms with E-state index in [2.05, 4.69) is 17.3 Å². The number of nitrogens with one attached hydrogen (secondary N) is 1. The van der Waals surface area contributed by atoms with Crippen LogP contribution in [0.3, 0.4) is 0 Å². The number of hydrogen-bond acceptors (Lipinski definition) is 1. The minimum Gasteiger partial charge on any atom is -0.310 e. The van der Waals surface area contributed by atoms with Crippen molar-refractivity contribution in [2.45, 2.75) is 25.3 Å². The van der Waals surface area contributed by atoms with Gasteiger partial charge >= 0.3 is 0 Å². The van der Waals surface area contributed by atoms with Crippen molar-refractivity contribution in [1.82, 2.24) is 5.32 Å². The third kappa shape index (κ3) is 0.928. The summed E-state index contributed by atoms with van der Waals surface area (Å²) >= 11 is 0. The standard InChI is InChI=1S/C12H15N/c1-2-3-4-10-8-5-9-7-13-12(10)11(9)6-8/h1,4,8-9,11-13H,3,5-7H2/b10-4-. The zero-order chi connectivity index (χ0) is 8.84. The fraction of sp³-hybridized carbons (Fsp3) is 0.667. The summed E-state index contributed by atoms with van der Waals surface area (Å²) in [5.74, 6) is 5.52. The lowest BCUT2D eigenvalue weighted by Crippen LogP contribution is -2.26. The second kappa shape index (κ2) is 2.62. The van der Waals surface area contributed by atoms with Gasteiger partial charge in [-0.25, -0.2) is 0 Å². The summed E-state index contributed by atoms with van der Waals surface area (Å²) in [6.07, 6.45) is 11.3. The number of rotatable bonds is 1. The van der Waals surface area contributed by atoms with Crippen molar-refractivity contribution < 1.29 is 0 Å². The van der Waals surface area contributed by atoms with Crippen LogP contribution in [0.5, 0.6) is 0 Å². The Labute approximate surface area is 79.6 Å². The first kappa shape index (κ1) is 7.64. The van der Waals surface area contributed by atoms with Gasteiger partial charge in [-0.3, -0.25) is 0 Å². The van der Waals surface area contributed by atoms with Crippen molar-refractivity contribution in [3.05, 3.63) is 11.6 Å². The van der Waals surface area contributed by atoms with Crippen LogP contribution < -0.4 is 5.32 Å². The van der Waals surface area contributed by atoms with Gasteiger partial charge in [-0.05, 0) is 37.1 Å². The summed E-state index contributed by atoms with van der Waals surface area (Å²) in [6.45, 7) is 1.25. The quantitative estimate of drug-likeness (QED) is 0.469. The lowest BCUT2D eigenvalue weighted by molar-refractivity contribution is 0.439. The number of allylic oxidation sites excluding steroid dienone is 1. The molecule has 1 heteroatoms. The zero-order valence-corrected chi connectivity index (χ0v) is 7.79. The van der Waals surface area contributed by atoms with Crippen molar-refractivity contribution in [2.75, 3.05) is 6.54 Å². The second-order valence-electron chi connectivity index (χ2n) is 4.59. The Bertz CT molecular complexity index is 295. The largest absolute Gasteiger partial charge is 0.310 e. The number of fused-ring (bicyclic) bond motifs is 1. The molecule has 1 aliphatic heterocycles. The molecule has 68 valence electrons. The van der Waals surface area contributed by atoms with Crippen LogP contribution in [0.25, 0.3) is 0 Å². The van der Waals surface area contributed by atoms with Crippen LogP contribution in [-0.2, 0) is 0 Å². The van der Waals surface area contributed by atoms with Crippen LogP contribution >= 0.6 is 0 Å². The maximum Gasteiger partial charge on any atom is 0.0314 e. The summed E-state index contributed by atoms with van der Waals surface area (Å²) in [5.41, 5.74) is 1.64. The predicted octanol–water partition coefficient (Wildman–Crippen LogP) is 1.56. The first-order chi connectivity index (χ1) is 6.40. The van der Waals surface area contributed by atoms with Crippen molar-refractivity contribution >= 4 is 0 Å². The van der Waals surface area contributed by atoms with Crippen molar-refractivity contribution in [1.29, 1.82) is 0 Å². The molecule has 3 rings (SSSR count). The third-order valence-electron chi connectivity index (χ3n) is 4.06. The minimum absolute atomic E-state index is 0.706. The van der Waals surface area contributed by atoms with Gasteiger partial charge in [-0.15, -0.1) is 12.3 Å². The van der Waals surface area contributed by atoms with Gasteiger partial charge in [0.25, 0.3) is 0 Å². The van der Waals surface area contributed by atoms with E-state index in [0.717, 1.165) is 24.2 Å². The zero-order valence-electron chi connectivity index (χ0n) is 7.79. The molecule has 3 fully saturated rings. The summed E-state index contributed by atoms with van der Waals surface area (Å²) in [5, 5.41) is 3.63. The van der Waals surface area contributed by atoms with Crippen LogP contribution in [0, 0.1) is 30.1 Å². The molecular weight excluding hydrogens is 158 g/mol. The molecule has 4 unspecified atom stereocenters. The molecule has 3 aliphatic rings. The van der Waals surface area contributed by atoms with Gasteiger partial charge in [0.1, 0.15) is 0 Å². The second-order valence-corrected chi connectivity index (χ2v) is 4.59. The third-order valence-corrected chi connectivity index (χ3v) is 4.06. The average molecular weight is 173 g/mol. The van der Waals surface area contributed by atoms with Gasteiger partial charge in [0.15, 0.2) is 0 Å². The van der Waals surface area contributed by atoms with Gasteiger partial charge < -0.3 is 5.32 Å². The highest BCUT2D eigenvalue weighted by Gasteiger charge is 2.52. The lowest BCUT2D eigenvalue weighted by atomic mass is 9.86. The first-order valence-corrected chi connectivity index (χ1v) is 5.27. The van der Waals surface area contributed by atoms with E-state index >= 15 is 0 Å². The Balaban J connectivity index is 1.89. The van der Waals surface area contributed by atoms with E-state index in [-0.39, 0.29) is 0 Å². The Morgan fingerprint density at radius 3 is 3.31 bits per heavy atom. The van der Waals surface area contributed by atoms with E-state index in [1.54, 1.807) is 5.57 Å². The minimum atomic E-state index is 0.706. The van der Waals surface area contributed by atoms with Crippen LogP contribution in [-0.4, -0.2) is 12.6 Å². The molecule has 13 heavy (non-hydrogen) atoms. The smallest absolute Gasteiger partial charge is 0.0314 e. The molecule has 1 heterocycles. The van der Waals surface area contributed by atoms with E-state index < -0.39 is 0 Å². The van der Waals surface area contributed by atoms with E-state index in [1.807, 2.05) is 0 Å². The van der Waals surface area contributed by atoms with Crippen molar-refractivity contribution in [2.24, 2.45) is 17.8 Å². The molecule has 0 radical (unpaired) electrons. The molecule has 2 aliphatic carbocycles. The Morgan fingerprint density at radius 2 is 2.46 bits per heavy atom. The van der Waals surface area contributed by atoms with Gasteiger partial charge in [-0.2, -0.15) is 0 Å². The molecule has 0 aromatic carbocycles. The van der Waals surface area contributed by atoms with Crippen LogP contribution in [0.15, 0.2) is 11.6 Å². The Kier molecular flexibility index (Phi) is 1.54. The summed E-state index contributed by atoms with van der Waals surface area (Å²) < 4.78 is 0. The van der Waals surface area contributed by atoms with Gasteiger partial charge in [0, 0.05) is 12.5 Å². The highest BCUT2D eigenvalue weighted by Crippen LogP contribution is 2.54. The molecule has 0 aromatic rings. The van der Waals surface area contributed by atoms with Crippen LogP contribution in [0.2, 0.25) is 0 Å². The maximum absolute atomic E-state index is 5.29. The van der Waals surface area contributed by atoms with E-state index in [9.17, 15) is 0 Å². The average Bonchev–Trinajstić information content (AvgIpc) is 2.70. The lowest BCUT2D eigenvalue weighted by Gasteiger charge is -2.20. The van der Waals surface area contributed by atoms with Crippen LogP contribution in [0.1, 0.15) is 19.3 Å². The molecule has 0 amide bonds. The van der Waals surface area contributed by atoms with Gasteiger partial charge in [0.2, 0.25) is 0 Å². The fourth-order valence-electron chi connectivity index (χ4n) is 3.59. The SMILES string of the molecule is C#CC/C=C1/C2CC3CNC1C3C2. The topological polar surface area (TPSA) is 12.0 Å². The summed E-state index contributed by atoms with van der Waals surface area (Å²) in [6, 6.07) is 0.706. The van der Waals surface area contributed by atoms with Crippen LogP contribution in [0.4, 0.5) is 0 Å². The molecule has 4 atom stereocenters. The molecule has 1 saturated heterocycles. The van der Waals surface area contributed by atoms with Crippen molar-refractivity contribution in [3.8, 4) is 12.3 Å². The molecular formula is C12H15N. The van der Waals surface area contributed by atoms with Gasteiger partial charge in [0.05, 0.1) is 0 Å². The van der Waals surface area contributed by atoms with E-state index in [0.29, 0.717) is 6.04 Å². The van der Waals surface area contributed by atoms with Crippen molar-refractivity contribution in [3.63, 3.8) is 0 Å². The Morgan fingerprint density at radius 1 is 1.54 bits per heavy atom. The highest BCUT2D eigenvalue weighted by atomic mass is 15.0. The normalized spacial score (nSPS) is 48.7. The van der Waals surface area contributed by atoms with E-state index in [1.165, 1.54) is 19.4 Å². The molecule has 0 aromatic heterocycles. The number of terminal acetylenes is 1. The van der Waals surface area contributed by atoms with E-state index in [4.69, 9.17) is 6.42 Å². The molecule has 1 N–H and O–H groups in total. The first-order valence-electron chi connectivity index (χ1n) is 5.27. The highest BCUT2D eigenvalue weighted by molar-refractivity contribution is 5.30. The summed E-state index contributed by atoms with van der Waals surface area (Å²) in [7, 11) is 0. The molecule has 0 spiro atoms. The predicted molar refractivity (Wildman–Crippen MR) is 53.0 cm³/mol. The molecule has 2 bridgehead atoms. The fourth-order valence-corrected chi connectivity index (χ4v) is 3.59. The number of hydrogen-bond donors (Lipinski definition) is 1. The molecule has 2 saturated carbocycles. The maximum atomic E-state index is 5.29. The van der Waals surface area contributed by atoms with Gasteiger partial charge in [-0.1, -0.05) is 11.6 Å². The molecule has 1 nitrogen and oxygen atoms in total. The monoisotopic (exact) mass is 173 g/mol. The summed E-state index contributed by atoms with van der Waals surface area (Å²) in [4.78, 5) is 0.